The van der Waals surface area contributed by atoms with E-state index in [1.165, 1.54) is 10.6 Å². The van der Waals surface area contributed by atoms with Crippen LogP contribution < -0.4 is 5.32 Å². The van der Waals surface area contributed by atoms with Crippen LogP contribution in [0.25, 0.3) is 0 Å². The number of rotatable bonds is 6. The third-order valence-electron chi connectivity index (χ3n) is 4.19. The van der Waals surface area contributed by atoms with E-state index >= 15 is 0 Å². The quantitative estimate of drug-likeness (QED) is 0.349. The van der Waals surface area contributed by atoms with Crippen LogP contribution in [0.5, 0.6) is 0 Å². The van der Waals surface area contributed by atoms with Gasteiger partial charge in [-0.2, -0.15) is 4.31 Å². The van der Waals surface area contributed by atoms with Crippen molar-refractivity contribution < 1.29 is 17.7 Å². The monoisotopic (exact) mass is 501 g/mol. The van der Waals surface area contributed by atoms with E-state index in [0.29, 0.717) is 38.4 Å². The minimum atomic E-state index is -3.40. The first-order chi connectivity index (χ1) is 11.8. The molecule has 2 rings (SSSR count). The highest BCUT2D eigenvalue weighted by atomic mass is 127. The highest BCUT2D eigenvalue weighted by molar-refractivity contribution is 14.0. The van der Waals surface area contributed by atoms with E-state index in [4.69, 9.17) is 9.26 Å². The molecule has 26 heavy (non-hydrogen) atoms. The lowest BCUT2D eigenvalue weighted by molar-refractivity contribution is 0.0262. The Morgan fingerprint density at radius 1 is 1.38 bits per heavy atom. The molecule has 0 amide bonds. The molecule has 0 bridgehead atoms. The van der Waals surface area contributed by atoms with Gasteiger partial charge < -0.3 is 19.5 Å². The van der Waals surface area contributed by atoms with Crippen molar-refractivity contribution in [3.63, 3.8) is 0 Å². The smallest absolute Gasteiger partial charge is 0.220 e. The van der Waals surface area contributed by atoms with Crippen LogP contribution in [0.15, 0.2) is 21.8 Å². The molecular weight excluding hydrogens is 473 g/mol. The molecule has 0 saturated carbocycles. The fourth-order valence-electron chi connectivity index (χ4n) is 2.46. The molecule has 1 saturated heterocycles. The Bertz CT molecular complexity index is 670. The van der Waals surface area contributed by atoms with Gasteiger partial charge in [0.2, 0.25) is 10.0 Å². The first-order valence-electron chi connectivity index (χ1n) is 8.15. The zero-order valence-corrected chi connectivity index (χ0v) is 18.8. The molecule has 0 radical (unpaired) electrons. The molecule has 1 aliphatic rings. The number of guanidine groups is 1. The fraction of sp³-hybridized carbons (Fsp3) is 0.733. The Labute approximate surface area is 172 Å². The van der Waals surface area contributed by atoms with Crippen LogP contribution in [0.1, 0.15) is 19.5 Å². The van der Waals surface area contributed by atoms with Gasteiger partial charge in [-0.1, -0.05) is 5.16 Å². The number of nitrogens with one attached hydrogen (secondary N) is 1. The van der Waals surface area contributed by atoms with Gasteiger partial charge in [0.05, 0.1) is 11.3 Å². The van der Waals surface area contributed by atoms with Crippen LogP contribution in [0.4, 0.5) is 0 Å². The van der Waals surface area contributed by atoms with Crippen molar-refractivity contribution in [1.82, 2.24) is 19.7 Å². The number of aliphatic imine (C=N–C) groups is 1. The molecule has 0 spiro atoms. The van der Waals surface area contributed by atoms with E-state index in [1.807, 2.05) is 18.7 Å². The largest absolute Gasteiger partial charge is 0.377 e. The molecule has 1 N–H and O–H groups in total. The summed E-state index contributed by atoms with van der Waals surface area (Å²) in [7, 11) is -0.0101. The third kappa shape index (κ3) is 6.35. The Morgan fingerprint density at radius 3 is 2.54 bits per heavy atom. The molecule has 9 nitrogen and oxygen atoms in total. The van der Waals surface area contributed by atoms with Crippen molar-refractivity contribution in [2.24, 2.45) is 4.99 Å². The number of nitrogens with zero attached hydrogens (tertiary/aromatic N) is 4. The number of aromatic nitrogens is 1. The van der Waals surface area contributed by atoms with Crippen molar-refractivity contribution >= 4 is 40.0 Å². The maximum Gasteiger partial charge on any atom is 0.220 e. The van der Waals surface area contributed by atoms with Crippen LogP contribution in [-0.2, 0) is 20.5 Å². The van der Waals surface area contributed by atoms with Crippen molar-refractivity contribution in [3.05, 3.63) is 18.0 Å². The predicted molar refractivity (Wildman–Crippen MR) is 110 cm³/mol. The van der Waals surface area contributed by atoms with E-state index < -0.39 is 10.0 Å². The number of ether oxygens (including phenoxy) is 1. The number of piperazine rings is 1. The summed E-state index contributed by atoms with van der Waals surface area (Å²) in [5, 5.41) is 6.96. The summed E-state index contributed by atoms with van der Waals surface area (Å²) in [6.07, 6.45) is 1.37. The molecule has 1 aromatic rings. The van der Waals surface area contributed by atoms with Gasteiger partial charge in [0.25, 0.3) is 0 Å². The standard InChI is InChI=1S/C15H27N5O4S.HI/c1-15(2,23-4)12-17-14(16-3)19-6-8-20(9-7-19)25(21,22)11-13-5-10-24-18-13;/h5,10H,6-9,11-12H2,1-4H3,(H,16,17);1H. The molecule has 0 unspecified atom stereocenters. The van der Waals surface area contributed by atoms with Gasteiger partial charge in [0, 0.05) is 52.9 Å². The molecule has 1 fully saturated rings. The molecule has 2 heterocycles. The maximum absolute atomic E-state index is 12.5. The Kier molecular flexibility index (Phi) is 8.76. The average molecular weight is 501 g/mol. The van der Waals surface area contributed by atoms with Gasteiger partial charge in [-0.25, -0.2) is 8.42 Å². The lowest BCUT2D eigenvalue weighted by Gasteiger charge is -2.36. The van der Waals surface area contributed by atoms with Crippen molar-refractivity contribution in [2.45, 2.75) is 25.2 Å². The van der Waals surface area contributed by atoms with Gasteiger partial charge in [-0.05, 0) is 13.8 Å². The summed E-state index contributed by atoms with van der Waals surface area (Å²) in [6, 6.07) is 1.57. The lowest BCUT2D eigenvalue weighted by atomic mass is 10.1. The summed E-state index contributed by atoms with van der Waals surface area (Å²) < 4.78 is 36.5. The molecule has 0 aliphatic carbocycles. The van der Waals surface area contributed by atoms with Crippen molar-refractivity contribution in [1.29, 1.82) is 0 Å². The zero-order valence-electron chi connectivity index (χ0n) is 15.6. The zero-order chi connectivity index (χ0) is 18.5. The van der Waals surface area contributed by atoms with Crippen LogP contribution >= 0.6 is 24.0 Å². The number of methoxy groups -OCH3 is 1. The molecule has 150 valence electrons. The number of halogens is 1. The van der Waals surface area contributed by atoms with Gasteiger partial charge in [0.1, 0.15) is 12.0 Å². The second kappa shape index (κ2) is 9.85. The number of sulfonamides is 1. The number of hydrogen-bond donors (Lipinski definition) is 1. The molecule has 1 aliphatic heterocycles. The minimum absolute atomic E-state index is 0. The first kappa shape index (κ1) is 23.1. The Morgan fingerprint density at radius 2 is 2.04 bits per heavy atom. The molecule has 0 aromatic carbocycles. The van der Waals surface area contributed by atoms with E-state index in [0.717, 1.165) is 5.96 Å². The fourth-order valence-corrected chi connectivity index (χ4v) is 3.89. The van der Waals surface area contributed by atoms with E-state index in [2.05, 4.69) is 15.5 Å². The highest BCUT2D eigenvalue weighted by Gasteiger charge is 2.29. The Balaban J connectivity index is 0.00000338. The van der Waals surface area contributed by atoms with Gasteiger partial charge in [0.15, 0.2) is 5.96 Å². The van der Waals surface area contributed by atoms with E-state index in [-0.39, 0.29) is 35.3 Å². The van der Waals surface area contributed by atoms with E-state index in [1.54, 1.807) is 20.2 Å². The second-order valence-electron chi connectivity index (χ2n) is 6.50. The summed E-state index contributed by atoms with van der Waals surface area (Å²) in [5.41, 5.74) is 0.111. The molecular formula is C15H28IN5O4S. The molecule has 11 heteroatoms. The molecule has 0 atom stereocenters. The highest BCUT2D eigenvalue weighted by Crippen LogP contribution is 2.13. The molecule has 1 aromatic heterocycles. The van der Waals surface area contributed by atoms with Gasteiger partial charge in [-0.3, -0.25) is 4.99 Å². The normalized spacial score (nSPS) is 17.1. The number of hydrogen-bond acceptors (Lipinski definition) is 6. The third-order valence-corrected chi connectivity index (χ3v) is 6.00. The average Bonchev–Trinajstić information content (AvgIpc) is 3.08. The van der Waals surface area contributed by atoms with E-state index in [9.17, 15) is 8.42 Å². The summed E-state index contributed by atoms with van der Waals surface area (Å²) in [5.74, 6) is 0.608. The van der Waals surface area contributed by atoms with Crippen molar-refractivity contribution in [2.75, 3.05) is 46.9 Å². The lowest BCUT2D eigenvalue weighted by Crippen LogP contribution is -2.55. The Hall–Kier alpha value is -0.920. The maximum atomic E-state index is 12.5. The summed E-state index contributed by atoms with van der Waals surface area (Å²) in [4.78, 5) is 6.33. The topological polar surface area (TPSA) is 100 Å². The second-order valence-corrected chi connectivity index (χ2v) is 8.47. The van der Waals surface area contributed by atoms with Crippen molar-refractivity contribution in [3.8, 4) is 0 Å². The van der Waals surface area contributed by atoms with Gasteiger partial charge >= 0.3 is 0 Å². The minimum Gasteiger partial charge on any atom is -0.377 e. The summed E-state index contributed by atoms with van der Waals surface area (Å²) >= 11 is 0. The van der Waals surface area contributed by atoms with Crippen LogP contribution in [0.2, 0.25) is 0 Å². The van der Waals surface area contributed by atoms with Crippen LogP contribution in [0, 0.1) is 0 Å². The van der Waals surface area contributed by atoms with Crippen LogP contribution in [-0.4, -0.2) is 81.2 Å². The predicted octanol–water partition coefficient (Wildman–Crippen LogP) is 0.740. The first-order valence-corrected chi connectivity index (χ1v) is 9.76. The van der Waals surface area contributed by atoms with Gasteiger partial charge in [-0.15, -0.1) is 24.0 Å². The van der Waals surface area contributed by atoms with Crippen LogP contribution in [0.3, 0.4) is 0 Å². The summed E-state index contributed by atoms with van der Waals surface area (Å²) in [6.45, 7) is 6.56. The SMILES string of the molecule is CN=C(NCC(C)(C)OC)N1CCN(S(=O)(=O)Cc2ccon2)CC1.I.